The average molecular weight is 643 g/mol. The molecule has 4 bridgehead atoms. The van der Waals surface area contributed by atoms with Gasteiger partial charge in [-0.1, -0.05) is 64.2 Å². The van der Waals surface area contributed by atoms with Crippen LogP contribution < -0.4 is 0 Å². The number of methoxy groups -OCH3 is 1. The Labute approximate surface area is 271 Å². The lowest BCUT2D eigenvalue weighted by atomic mass is 9.57. The normalized spacial score (nSPS) is 41.3. The second-order valence-electron chi connectivity index (χ2n) is 14.3. The van der Waals surface area contributed by atoms with E-state index in [1.807, 2.05) is 65.0 Å². The molecular formula is C36H50O10. The van der Waals surface area contributed by atoms with Crippen LogP contribution in [0.5, 0.6) is 0 Å². The smallest absolute Gasteiger partial charge is 0.335 e. The average Bonchev–Trinajstić information content (AvgIpc) is 3.63. The van der Waals surface area contributed by atoms with E-state index < -0.39 is 71.5 Å². The molecule has 2 N–H and O–H groups in total. The molecule has 2 aliphatic heterocycles. The molecule has 46 heavy (non-hydrogen) atoms. The van der Waals surface area contributed by atoms with Crippen LogP contribution >= 0.6 is 0 Å². The lowest BCUT2D eigenvalue weighted by Crippen LogP contribution is -2.57. The fraction of sp³-hybridized carbons (Fsp3) is 0.694. The zero-order chi connectivity index (χ0) is 33.6. The molecular weight excluding hydrogens is 592 g/mol. The lowest BCUT2D eigenvalue weighted by molar-refractivity contribution is -0.180. The van der Waals surface area contributed by atoms with E-state index in [1.54, 1.807) is 13.0 Å². The molecule has 0 aromatic carbocycles. The molecule has 1 spiro atoms. The number of cyclic esters (lactones) is 1. The number of carbonyl (C=O) groups is 3. The van der Waals surface area contributed by atoms with Crippen LogP contribution in [0.2, 0.25) is 0 Å². The van der Waals surface area contributed by atoms with Gasteiger partial charge in [-0.3, -0.25) is 4.79 Å². The Morgan fingerprint density at radius 2 is 1.98 bits per heavy atom. The zero-order valence-corrected chi connectivity index (χ0v) is 28.0. The van der Waals surface area contributed by atoms with Gasteiger partial charge in [0.1, 0.15) is 30.0 Å². The molecule has 10 heteroatoms. The highest BCUT2D eigenvalue weighted by atomic mass is 16.6. The predicted molar refractivity (Wildman–Crippen MR) is 168 cm³/mol. The Morgan fingerprint density at radius 3 is 2.61 bits per heavy atom. The number of aliphatic hydroxyl groups is 2. The monoisotopic (exact) mass is 642 g/mol. The van der Waals surface area contributed by atoms with Gasteiger partial charge in [0.2, 0.25) is 0 Å². The Bertz CT molecular complexity index is 1310. The van der Waals surface area contributed by atoms with Gasteiger partial charge >= 0.3 is 17.9 Å². The summed E-state index contributed by atoms with van der Waals surface area (Å²) in [6, 6.07) is 0. The van der Waals surface area contributed by atoms with Gasteiger partial charge in [-0.2, -0.15) is 0 Å². The molecule has 1 saturated carbocycles. The molecule has 0 amide bonds. The molecule has 2 fully saturated rings. The van der Waals surface area contributed by atoms with E-state index in [0.29, 0.717) is 18.4 Å². The molecule has 0 radical (unpaired) electrons. The largest absolute Gasteiger partial charge is 0.459 e. The number of allylic oxidation sites excluding steroid dienone is 3. The molecule has 0 aromatic rings. The molecule has 0 aromatic heterocycles. The highest BCUT2D eigenvalue weighted by molar-refractivity contribution is 5.90. The Hall–Kier alpha value is -2.79. The van der Waals surface area contributed by atoms with Crippen LogP contribution in [0.1, 0.15) is 67.2 Å². The van der Waals surface area contributed by atoms with Crippen molar-refractivity contribution in [1.29, 1.82) is 0 Å². The fourth-order valence-corrected chi connectivity index (χ4v) is 8.24. The van der Waals surface area contributed by atoms with Crippen LogP contribution in [0.4, 0.5) is 0 Å². The van der Waals surface area contributed by atoms with Crippen molar-refractivity contribution >= 4 is 17.9 Å². The number of hydrogen-bond acceptors (Lipinski definition) is 10. The third-order valence-corrected chi connectivity index (χ3v) is 11.3. The number of hydrogen-bond donors (Lipinski definition) is 2. The summed E-state index contributed by atoms with van der Waals surface area (Å²) in [5.74, 6) is -3.16. The summed E-state index contributed by atoms with van der Waals surface area (Å²) in [6.07, 6.45) is 8.34. The Morgan fingerprint density at radius 1 is 1.24 bits per heavy atom. The van der Waals surface area contributed by atoms with Crippen molar-refractivity contribution in [2.24, 2.45) is 35.0 Å². The van der Waals surface area contributed by atoms with E-state index in [9.17, 15) is 24.6 Å². The van der Waals surface area contributed by atoms with Crippen LogP contribution in [0.15, 0.2) is 47.6 Å². The van der Waals surface area contributed by atoms with E-state index in [4.69, 9.17) is 23.7 Å². The minimum absolute atomic E-state index is 0.0278. The van der Waals surface area contributed by atoms with Gasteiger partial charge in [0.25, 0.3) is 0 Å². The predicted octanol–water partition coefficient (Wildman–Crippen LogP) is 3.99. The number of rotatable bonds is 9. The standard InChI is InChI=1S/C36H50O10/c1-8-35(6,18-37)17-27(38)43-22(5)30-19(2)15-20(3)36-24(16-26(42-7)34(41)44-30)13-14-25-28(36)29(39)21(4)31(32(25)46-36)45-33(40)23-11-9-10-12-23/h9-11,13-15,19,21-22,24-26,28-32,37,39H,8,12,16-18H2,1-7H3/b20-15+/t19-,21-,22-,24-,25-,26+,28+,29-,30+,31-,32-,35?,36+/m1/s1. The molecule has 13 atom stereocenters. The molecule has 1 unspecified atom stereocenters. The SMILES string of the molecule is CCC(C)(CO)CC(=O)O[C@H](C)[C@H]1OC(=O)[C@@H](OC)C[C@H]2C=C[C@H]3[C@H]4O[C@]2(/C(C)=C/[C@H]1C)[C@@H]3[C@H](O)[C@@H](C)[C@H]4OC(=O)C1=CC=CC1. The summed E-state index contributed by atoms with van der Waals surface area (Å²) >= 11 is 0. The first kappa shape index (κ1) is 34.5. The maximum Gasteiger partial charge on any atom is 0.335 e. The third-order valence-electron chi connectivity index (χ3n) is 11.3. The summed E-state index contributed by atoms with van der Waals surface area (Å²) in [5, 5.41) is 21.7. The molecule has 2 heterocycles. The van der Waals surface area contributed by atoms with Crippen molar-refractivity contribution < 1.29 is 48.3 Å². The van der Waals surface area contributed by atoms with Gasteiger partial charge in [-0.15, -0.1) is 0 Å². The quantitative estimate of drug-likeness (QED) is 0.216. The maximum absolute atomic E-state index is 13.6. The Kier molecular flexibility index (Phi) is 10.0. The van der Waals surface area contributed by atoms with Gasteiger partial charge in [0, 0.05) is 54.3 Å². The highest BCUT2D eigenvalue weighted by Gasteiger charge is 2.69. The number of aliphatic hydroxyl groups excluding tert-OH is 2. The summed E-state index contributed by atoms with van der Waals surface area (Å²) in [5.41, 5.74) is -0.176. The van der Waals surface area contributed by atoms with Crippen molar-refractivity contribution in [2.75, 3.05) is 13.7 Å². The fourth-order valence-electron chi connectivity index (χ4n) is 8.24. The highest BCUT2D eigenvalue weighted by Crippen LogP contribution is 2.61. The summed E-state index contributed by atoms with van der Waals surface area (Å²) in [6.45, 7) is 11.0. The van der Waals surface area contributed by atoms with Gasteiger partial charge in [-0.25, -0.2) is 9.59 Å². The van der Waals surface area contributed by atoms with Crippen molar-refractivity contribution in [3.05, 3.63) is 47.6 Å². The number of ether oxygens (including phenoxy) is 5. The lowest BCUT2D eigenvalue weighted by Gasteiger charge is -2.49. The van der Waals surface area contributed by atoms with Crippen molar-refractivity contribution in [2.45, 2.75) is 109 Å². The third kappa shape index (κ3) is 6.02. The molecule has 3 aliphatic carbocycles. The summed E-state index contributed by atoms with van der Waals surface area (Å²) in [7, 11) is 1.46. The van der Waals surface area contributed by atoms with Crippen LogP contribution in [-0.4, -0.2) is 84.1 Å². The van der Waals surface area contributed by atoms with E-state index in [1.165, 1.54) is 7.11 Å². The van der Waals surface area contributed by atoms with Crippen molar-refractivity contribution in [3.8, 4) is 0 Å². The van der Waals surface area contributed by atoms with Crippen LogP contribution in [-0.2, 0) is 38.1 Å². The van der Waals surface area contributed by atoms with Gasteiger partial charge in [0.05, 0.1) is 12.5 Å². The molecule has 10 nitrogen and oxygen atoms in total. The van der Waals surface area contributed by atoms with Crippen LogP contribution in [0.3, 0.4) is 0 Å². The van der Waals surface area contributed by atoms with Crippen molar-refractivity contribution in [1.82, 2.24) is 0 Å². The molecule has 5 rings (SSSR count). The van der Waals surface area contributed by atoms with E-state index >= 15 is 0 Å². The van der Waals surface area contributed by atoms with E-state index in [2.05, 4.69) is 0 Å². The first-order valence-corrected chi connectivity index (χ1v) is 16.6. The van der Waals surface area contributed by atoms with Gasteiger partial charge in [-0.05, 0) is 38.7 Å². The van der Waals surface area contributed by atoms with Gasteiger partial charge in [0.15, 0.2) is 6.10 Å². The van der Waals surface area contributed by atoms with Crippen LogP contribution in [0, 0.1) is 35.0 Å². The second kappa shape index (κ2) is 13.4. The number of carbonyl (C=O) groups excluding carboxylic acids is 3. The first-order valence-electron chi connectivity index (χ1n) is 16.6. The second-order valence-corrected chi connectivity index (χ2v) is 14.3. The summed E-state index contributed by atoms with van der Waals surface area (Å²) < 4.78 is 30.6. The molecule has 254 valence electrons. The van der Waals surface area contributed by atoms with Crippen molar-refractivity contribution in [3.63, 3.8) is 0 Å². The Balaban J connectivity index is 1.48. The zero-order valence-electron chi connectivity index (χ0n) is 28.0. The minimum Gasteiger partial charge on any atom is -0.459 e. The van der Waals surface area contributed by atoms with E-state index in [-0.39, 0.29) is 43.1 Å². The number of esters is 3. The molecule has 1 saturated heterocycles. The minimum atomic E-state index is -0.996. The van der Waals surface area contributed by atoms with E-state index in [0.717, 1.165) is 5.57 Å². The van der Waals surface area contributed by atoms with Gasteiger partial charge < -0.3 is 33.9 Å². The maximum atomic E-state index is 13.6. The summed E-state index contributed by atoms with van der Waals surface area (Å²) in [4.78, 5) is 39.6. The topological polar surface area (TPSA) is 138 Å². The first-order chi connectivity index (χ1) is 21.8. The van der Waals surface area contributed by atoms with Crippen LogP contribution in [0.25, 0.3) is 0 Å². The molecule has 5 aliphatic rings.